The van der Waals surface area contributed by atoms with Crippen molar-refractivity contribution in [1.29, 1.82) is 0 Å². The van der Waals surface area contributed by atoms with Crippen molar-refractivity contribution in [2.75, 3.05) is 9.80 Å². The van der Waals surface area contributed by atoms with E-state index in [1.807, 2.05) is 6.20 Å². The average Bonchev–Trinajstić information content (AvgIpc) is 1.15. The van der Waals surface area contributed by atoms with E-state index in [1.165, 1.54) is 126 Å². The maximum absolute atomic E-state index is 7.43. The molecule has 106 heavy (non-hydrogen) atoms. The summed E-state index contributed by atoms with van der Waals surface area (Å²) in [6.45, 7) is 21.6. The highest BCUT2D eigenvalue weighted by molar-refractivity contribution is 7.00. The van der Waals surface area contributed by atoms with Crippen LogP contribution in [0.2, 0.25) is 0 Å². The molecule has 2 aromatic heterocycles. The summed E-state index contributed by atoms with van der Waals surface area (Å²) in [5.74, 6) is 0. The smallest absolute Gasteiger partial charge is 0.252 e. The van der Waals surface area contributed by atoms with Gasteiger partial charge in [-0.05, 0) is 178 Å². The van der Waals surface area contributed by atoms with Gasteiger partial charge in [-0.15, -0.1) is 10.9 Å². The van der Waals surface area contributed by atoms with E-state index in [-0.39, 0.29) is 28.4 Å². The zero-order valence-electron chi connectivity index (χ0n) is 65.1. The molecule has 4 heterocycles. The van der Waals surface area contributed by atoms with E-state index in [0.29, 0.717) is 0 Å². The second-order valence-electron chi connectivity index (χ2n) is 34.0. The van der Waals surface area contributed by atoms with Crippen molar-refractivity contribution in [3.05, 3.63) is 264 Å². The van der Waals surface area contributed by atoms with Crippen molar-refractivity contribution in [2.24, 2.45) is 5.73 Å². The number of pyridine rings is 1. The first-order valence-electron chi connectivity index (χ1n) is 38.5. The Bertz CT molecular complexity index is 5780. The lowest BCUT2D eigenvalue weighted by Crippen LogP contribution is -2.62. The van der Waals surface area contributed by atoms with Gasteiger partial charge in [0.05, 0.1) is 17.1 Å². The molecule has 2 aliphatic carbocycles. The Morgan fingerprint density at radius 2 is 0.802 bits per heavy atom. The average molecular weight is 1360 g/mol. The van der Waals surface area contributed by atoms with Gasteiger partial charge in [-0.2, -0.15) is 0 Å². The summed E-state index contributed by atoms with van der Waals surface area (Å²) in [5, 5.41) is 2.64. The summed E-state index contributed by atoms with van der Waals surface area (Å²) in [6, 6.07) is 78.9. The third-order valence-corrected chi connectivity index (χ3v) is 26.3. The van der Waals surface area contributed by atoms with E-state index in [0.717, 1.165) is 110 Å². The number of benzene rings is 11. The fourth-order valence-electron chi connectivity index (χ4n) is 19.2. The van der Waals surface area contributed by atoms with Crippen LogP contribution in [0.25, 0.3) is 83.1 Å². The normalized spacial score (nSPS) is 16.0. The van der Waals surface area contributed by atoms with Gasteiger partial charge in [0.15, 0.2) is 0 Å². The fourth-order valence-corrected chi connectivity index (χ4v) is 19.2. The summed E-state index contributed by atoms with van der Waals surface area (Å²) < 4.78 is 2.70. The third kappa shape index (κ3) is 10.6. The van der Waals surface area contributed by atoms with E-state index >= 15 is 0 Å². The van der Waals surface area contributed by atoms with Crippen molar-refractivity contribution >= 4 is 191 Å². The Kier molecular flexibility index (Phi) is 16.4. The molecule has 4 aliphatic rings. The van der Waals surface area contributed by atoms with Crippen LogP contribution in [-0.2, 0) is 21.7 Å². The fraction of sp³-hybridized carbons (Fsp3) is 0.185. The van der Waals surface area contributed by atoms with Crippen LogP contribution in [0.1, 0.15) is 121 Å². The number of rotatable bonds is 10. The highest BCUT2D eigenvalue weighted by Gasteiger charge is 2.47. The van der Waals surface area contributed by atoms with Crippen molar-refractivity contribution in [2.45, 2.75) is 110 Å². The number of anilines is 5. The molecule has 0 unspecified atom stereocenters. The van der Waals surface area contributed by atoms with Gasteiger partial charge < -0.3 is 20.1 Å². The topological polar surface area (TPSA) is 50.3 Å². The quantitative estimate of drug-likeness (QED) is 0.112. The molecule has 2 aliphatic heterocycles. The molecular weight excluding hydrogens is 1270 g/mol. The molecular formula is C92H90B9N5. The van der Waals surface area contributed by atoms with Gasteiger partial charge in [-0.25, -0.2) is 0 Å². The van der Waals surface area contributed by atoms with Crippen LogP contribution >= 0.6 is 0 Å². The summed E-state index contributed by atoms with van der Waals surface area (Å²) in [5.41, 5.74) is 50.7. The molecule has 0 bridgehead atoms. The largest absolute Gasteiger partial charge is 0.404 e. The molecule has 17 rings (SSSR count). The number of hydrogen-bond acceptors (Lipinski definition) is 4. The zero-order chi connectivity index (χ0) is 73.9. The number of hydrogen-bond donors (Lipinski definition) is 1. The maximum atomic E-state index is 7.43. The summed E-state index contributed by atoms with van der Waals surface area (Å²) in [7, 11) is 18.8. The predicted octanol–water partition coefficient (Wildman–Crippen LogP) is 7.79. The minimum absolute atomic E-state index is 0.000867. The van der Waals surface area contributed by atoms with Gasteiger partial charge in [0, 0.05) is 69.1 Å². The molecule has 0 spiro atoms. The zero-order valence-corrected chi connectivity index (χ0v) is 65.1. The van der Waals surface area contributed by atoms with E-state index in [1.54, 1.807) is 0 Å². The number of allylic oxidation sites excluding steroid dienone is 2. The van der Waals surface area contributed by atoms with E-state index in [4.69, 9.17) is 10.7 Å². The number of nitrogens with two attached hydrogens (primary N) is 1. The van der Waals surface area contributed by atoms with E-state index in [2.05, 4.69) is 358 Å². The van der Waals surface area contributed by atoms with Gasteiger partial charge in [0.2, 0.25) is 0 Å². The molecule has 0 amide bonds. The standard InChI is InChI=1S/C92H90B9N5/c1-51(52-22-14-10-15-23-52)85(61(48-102)53-24-16-11-17-25-53)105-70-44-58(56-30-34-64-66(42-56)91(6,7)40-38-89(64,2)3)32-36-68(70)101-69-37-33-59(57-31-35-65-67(43-57)92(8,9)41-39-90(65,4)5)45-71(69)106(86-62(54-26-18-12-19-27-54)49-103-50-63(86)55-28-20-13-21-29-55)73-47-60(46-72(105)84(73)101)104-87-74(76(93)78(95)80(97)82(87)99)75-77(94)79(96)81(98)83(100)88(75)104/h10-37,42-50H,38-41,93-100,102H2,1-9H3/b61-48-,85-51-. The second-order valence-corrected chi connectivity index (χ2v) is 34.0. The monoisotopic (exact) mass is 1360 g/mol. The molecule has 5 nitrogen and oxygen atoms in total. The van der Waals surface area contributed by atoms with Crippen molar-refractivity contribution in [1.82, 2.24) is 9.55 Å². The number of fused-ring (bicyclic) bond motifs is 9. The van der Waals surface area contributed by atoms with E-state index < -0.39 is 0 Å². The minimum Gasteiger partial charge on any atom is -0.404 e. The molecule has 0 atom stereocenters. The van der Waals surface area contributed by atoms with Crippen LogP contribution in [0.15, 0.2) is 231 Å². The molecule has 11 aromatic carbocycles. The Morgan fingerprint density at radius 3 is 1.27 bits per heavy atom. The first-order valence-corrected chi connectivity index (χ1v) is 38.5. The van der Waals surface area contributed by atoms with Crippen LogP contribution in [0, 0.1) is 0 Å². The molecule has 0 radical (unpaired) electrons. The molecule has 13 aromatic rings. The molecule has 0 saturated heterocycles. The van der Waals surface area contributed by atoms with Crippen molar-refractivity contribution in [3.63, 3.8) is 0 Å². The SMILES string of the molecule is Bc1c(B)c(B)c2c(c1B)c1c(B)c(B)c(B)c(B)c1n2-c1cc2c3c(c1)N(c1c(-c4ccccc4)cncc1-c1ccccc1)c1cc(-c4ccc5c(c4)C(C)(C)CCC5(C)C)ccc1B3c1ccc(-c3ccc4c(c3)C(C)(C)CCC4(C)C)cc1N2C(/C(=C\N)c1ccccc1)=C(/C)c1ccccc1. The highest BCUT2D eigenvalue weighted by Crippen LogP contribution is 2.54. The molecule has 14 heteroatoms. The maximum Gasteiger partial charge on any atom is 0.252 e. The first kappa shape index (κ1) is 68.9. The van der Waals surface area contributed by atoms with Crippen molar-refractivity contribution in [3.8, 4) is 50.2 Å². The molecule has 0 fully saturated rings. The summed E-state index contributed by atoms with van der Waals surface area (Å²) >= 11 is 0. The Hall–Kier alpha value is -10.2. The molecule has 510 valence electrons. The van der Waals surface area contributed by atoms with Gasteiger partial charge in [-0.3, -0.25) is 4.98 Å². The lowest BCUT2D eigenvalue weighted by Gasteiger charge is -2.46. The van der Waals surface area contributed by atoms with Gasteiger partial charge in [0.1, 0.15) is 62.8 Å². The predicted molar refractivity (Wildman–Crippen MR) is 482 cm³/mol. The van der Waals surface area contributed by atoms with Crippen LogP contribution in [-0.4, -0.2) is 79.0 Å². The van der Waals surface area contributed by atoms with Crippen LogP contribution in [0.3, 0.4) is 0 Å². The molecule has 0 saturated carbocycles. The molecule has 2 N–H and O–H groups in total. The Morgan fingerprint density at radius 1 is 0.406 bits per heavy atom. The lowest BCUT2D eigenvalue weighted by molar-refractivity contribution is 0.332. The first-order chi connectivity index (χ1) is 50.8. The number of nitrogens with zero attached hydrogens (tertiary/aromatic N) is 4. The van der Waals surface area contributed by atoms with Crippen LogP contribution in [0.5, 0.6) is 0 Å². The highest BCUT2D eigenvalue weighted by atomic mass is 15.2. The minimum atomic E-state index is -0.269. The Labute approximate surface area is 635 Å². The van der Waals surface area contributed by atoms with Crippen LogP contribution < -0.4 is 75.6 Å². The third-order valence-electron chi connectivity index (χ3n) is 26.3. The number of aromatic nitrogens is 2. The van der Waals surface area contributed by atoms with Crippen molar-refractivity contribution < 1.29 is 0 Å². The van der Waals surface area contributed by atoms with Crippen LogP contribution in [0.4, 0.5) is 28.4 Å². The summed E-state index contributed by atoms with van der Waals surface area (Å²) in [6.07, 6.45) is 10.7. The van der Waals surface area contributed by atoms with Gasteiger partial charge >= 0.3 is 0 Å². The summed E-state index contributed by atoms with van der Waals surface area (Å²) in [4.78, 5) is 10.6. The van der Waals surface area contributed by atoms with E-state index in [9.17, 15) is 0 Å². The van der Waals surface area contributed by atoms with Gasteiger partial charge in [0.25, 0.3) is 6.71 Å². The van der Waals surface area contributed by atoms with Gasteiger partial charge in [-0.1, -0.05) is 270 Å². The lowest BCUT2D eigenvalue weighted by atomic mass is 9.33. The second kappa shape index (κ2) is 25.3. The Balaban J connectivity index is 1.09.